The van der Waals surface area contributed by atoms with E-state index < -0.39 is 5.97 Å². The van der Waals surface area contributed by atoms with Crippen LogP contribution >= 0.6 is 0 Å². The van der Waals surface area contributed by atoms with Gasteiger partial charge in [0.2, 0.25) is 0 Å². The molecule has 1 rings (SSSR count). The second-order valence-corrected chi connectivity index (χ2v) is 5.48. The third-order valence-electron chi connectivity index (χ3n) is 3.47. The molecular weight excluding hydrogens is 283 g/mol. The zero-order valence-corrected chi connectivity index (χ0v) is 16.8. The molecule has 0 saturated carbocycles. The minimum atomic E-state index is -1.13. The number of carboxylic acid groups (broad SMARTS) is 1. The van der Waals surface area contributed by atoms with Crippen molar-refractivity contribution in [3.05, 3.63) is 35.9 Å². The molecule has 1 aromatic carbocycles. The van der Waals surface area contributed by atoms with E-state index in [9.17, 15) is 9.90 Å². The van der Waals surface area contributed by atoms with Gasteiger partial charge in [-0.3, -0.25) is 0 Å². The number of hydrogen-bond donors (Lipinski definition) is 0. The van der Waals surface area contributed by atoms with Crippen LogP contribution in [0.25, 0.3) is 0 Å². The van der Waals surface area contributed by atoms with Crippen LogP contribution in [0, 0.1) is 0 Å². The van der Waals surface area contributed by atoms with Gasteiger partial charge in [0.25, 0.3) is 0 Å². The van der Waals surface area contributed by atoms with Gasteiger partial charge in [-0.05, 0) is 5.56 Å². The number of aromatic carboxylic acids is 1. The Hall–Kier alpha value is -0.310. The molecule has 22 heavy (non-hydrogen) atoms. The van der Waals surface area contributed by atoms with Crippen LogP contribution in [0.4, 0.5) is 0 Å². The third-order valence-corrected chi connectivity index (χ3v) is 3.47. The minimum Gasteiger partial charge on any atom is -0.545 e. The van der Waals surface area contributed by atoms with Crippen LogP contribution in [0.5, 0.6) is 0 Å². The zero-order valence-electron chi connectivity index (χ0n) is 14.8. The van der Waals surface area contributed by atoms with Gasteiger partial charge >= 0.3 is 29.6 Å². The molecular formula is C19H31NaO2. The fourth-order valence-electron chi connectivity index (χ4n) is 2.13. The number of unbranched alkanes of at least 4 members (excludes halogenated alkanes) is 9. The van der Waals surface area contributed by atoms with E-state index in [1.165, 1.54) is 76.3 Å². The summed E-state index contributed by atoms with van der Waals surface area (Å²) in [5, 5.41) is 10.1. The Labute approximate surface area is 159 Å². The van der Waals surface area contributed by atoms with Gasteiger partial charge in [0.15, 0.2) is 0 Å². The molecule has 0 aliphatic heterocycles. The molecule has 2 nitrogen and oxygen atoms in total. The molecule has 0 unspecified atom stereocenters. The van der Waals surface area contributed by atoms with Gasteiger partial charge in [-0.2, -0.15) is 0 Å². The van der Waals surface area contributed by atoms with Crippen LogP contribution in [0.3, 0.4) is 0 Å². The average molecular weight is 314 g/mol. The summed E-state index contributed by atoms with van der Waals surface area (Å²) in [6, 6.07) is 8.06. The van der Waals surface area contributed by atoms with E-state index in [2.05, 4.69) is 13.8 Å². The molecule has 0 aliphatic rings. The second-order valence-electron chi connectivity index (χ2n) is 5.48. The van der Waals surface area contributed by atoms with Crippen LogP contribution in [-0.4, -0.2) is 5.97 Å². The van der Waals surface area contributed by atoms with Crippen LogP contribution < -0.4 is 34.7 Å². The zero-order chi connectivity index (χ0) is 15.8. The van der Waals surface area contributed by atoms with Crippen LogP contribution in [0.15, 0.2) is 30.3 Å². The normalized spacial score (nSPS) is 9.36. The van der Waals surface area contributed by atoms with E-state index in [0.29, 0.717) is 0 Å². The molecule has 0 aromatic heterocycles. The molecule has 0 saturated heterocycles. The monoisotopic (exact) mass is 314 g/mol. The van der Waals surface area contributed by atoms with Gasteiger partial charge in [-0.25, -0.2) is 0 Å². The van der Waals surface area contributed by atoms with Crippen molar-refractivity contribution in [3.63, 3.8) is 0 Å². The van der Waals surface area contributed by atoms with E-state index in [1.54, 1.807) is 18.2 Å². The summed E-state index contributed by atoms with van der Waals surface area (Å²) in [6.45, 7) is 4.56. The van der Waals surface area contributed by atoms with Gasteiger partial charge < -0.3 is 9.90 Å². The Morgan fingerprint density at radius 1 is 0.773 bits per heavy atom. The molecule has 0 amide bonds. The standard InChI is InChI=1S/C12H26.C7H6O2.Na/c1-3-5-7-9-11-12-10-8-6-4-2;8-7(9)6-4-2-1-3-5-6;/h3-12H2,1-2H3;1-5H,(H,8,9);/q;;+1/p-1. The Bertz CT molecular complexity index is 329. The van der Waals surface area contributed by atoms with Crippen molar-refractivity contribution in [2.75, 3.05) is 0 Å². The van der Waals surface area contributed by atoms with Crippen LogP contribution in [0.1, 0.15) is 88.4 Å². The van der Waals surface area contributed by atoms with Crippen molar-refractivity contribution >= 4 is 5.97 Å². The number of rotatable bonds is 10. The second kappa shape index (κ2) is 18.7. The molecule has 0 aliphatic carbocycles. The Morgan fingerprint density at radius 2 is 1.14 bits per heavy atom. The van der Waals surface area contributed by atoms with E-state index in [1.807, 2.05) is 0 Å². The van der Waals surface area contributed by atoms with Crippen molar-refractivity contribution in [1.29, 1.82) is 0 Å². The maximum absolute atomic E-state index is 10.1. The van der Waals surface area contributed by atoms with Crippen molar-refractivity contribution < 1.29 is 39.5 Å². The van der Waals surface area contributed by atoms with Gasteiger partial charge in [-0.1, -0.05) is 108 Å². The molecule has 0 radical (unpaired) electrons. The SMILES string of the molecule is CCCCCCCCCCCC.O=C([O-])c1ccccc1.[Na+]. The molecule has 120 valence electrons. The summed E-state index contributed by atoms with van der Waals surface area (Å²) in [7, 11) is 0. The van der Waals surface area contributed by atoms with Crippen LogP contribution in [0.2, 0.25) is 0 Å². The molecule has 3 heteroatoms. The summed E-state index contributed by atoms with van der Waals surface area (Å²) in [5.74, 6) is -1.13. The van der Waals surface area contributed by atoms with Crippen molar-refractivity contribution in [2.45, 2.75) is 78.1 Å². The van der Waals surface area contributed by atoms with E-state index in [4.69, 9.17) is 0 Å². The van der Waals surface area contributed by atoms with Crippen molar-refractivity contribution in [1.82, 2.24) is 0 Å². The first-order valence-electron chi connectivity index (χ1n) is 8.48. The predicted octanol–water partition coefficient (Wildman–Crippen LogP) is 1.98. The maximum Gasteiger partial charge on any atom is 1.00 e. The molecule has 0 heterocycles. The van der Waals surface area contributed by atoms with E-state index in [0.717, 1.165) is 0 Å². The Balaban J connectivity index is 0. The van der Waals surface area contributed by atoms with Crippen molar-refractivity contribution in [3.8, 4) is 0 Å². The first-order valence-corrected chi connectivity index (χ1v) is 8.48. The maximum atomic E-state index is 10.1. The Kier molecular flexibility index (Phi) is 20.4. The molecule has 0 spiro atoms. The first kappa shape index (κ1) is 23.9. The number of carbonyl (C=O) groups is 1. The third kappa shape index (κ3) is 16.1. The van der Waals surface area contributed by atoms with Gasteiger partial charge in [0.05, 0.1) is 5.97 Å². The molecule has 0 N–H and O–H groups in total. The number of carbonyl (C=O) groups excluding carboxylic acids is 1. The summed E-state index contributed by atoms with van der Waals surface area (Å²) in [6.07, 6.45) is 14.4. The molecule has 0 bridgehead atoms. The first-order chi connectivity index (χ1) is 10.2. The number of carboxylic acids is 1. The van der Waals surface area contributed by atoms with E-state index >= 15 is 0 Å². The summed E-state index contributed by atoms with van der Waals surface area (Å²) < 4.78 is 0. The van der Waals surface area contributed by atoms with Gasteiger partial charge in [0.1, 0.15) is 0 Å². The number of hydrogen-bond acceptors (Lipinski definition) is 2. The summed E-state index contributed by atoms with van der Waals surface area (Å²) in [5.41, 5.74) is 0.220. The Morgan fingerprint density at radius 3 is 1.41 bits per heavy atom. The van der Waals surface area contributed by atoms with Crippen molar-refractivity contribution in [2.24, 2.45) is 0 Å². The van der Waals surface area contributed by atoms with Crippen LogP contribution in [-0.2, 0) is 0 Å². The molecule has 0 atom stereocenters. The number of benzene rings is 1. The summed E-state index contributed by atoms with van der Waals surface area (Å²) >= 11 is 0. The molecule has 0 fully saturated rings. The molecule has 1 aromatic rings. The van der Waals surface area contributed by atoms with Gasteiger partial charge in [-0.15, -0.1) is 0 Å². The predicted molar refractivity (Wildman–Crippen MR) is 88.3 cm³/mol. The largest absolute Gasteiger partial charge is 1.00 e. The topological polar surface area (TPSA) is 40.1 Å². The van der Waals surface area contributed by atoms with E-state index in [-0.39, 0.29) is 35.1 Å². The summed E-state index contributed by atoms with van der Waals surface area (Å²) in [4.78, 5) is 10.1. The smallest absolute Gasteiger partial charge is 0.545 e. The fraction of sp³-hybridized carbons (Fsp3) is 0.632. The minimum absolute atomic E-state index is 0. The quantitative estimate of drug-likeness (QED) is 0.489. The fourth-order valence-corrected chi connectivity index (χ4v) is 2.13. The van der Waals surface area contributed by atoms with Gasteiger partial charge in [0, 0.05) is 0 Å². The average Bonchev–Trinajstić information content (AvgIpc) is 2.51.